The molecule has 1 saturated heterocycles. The fraction of sp³-hybridized carbons (Fsp3) is 1.00. The van der Waals surface area contributed by atoms with Crippen LogP contribution in [0.25, 0.3) is 0 Å². The summed E-state index contributed by atoms with van der Waals surface area (Å²) in [6, 6.07) is 0.148. The van der Waals surface area contributed by atoms with E-state index in [9.17, 15) is 4.57 Å². The summed E-state index contributed by atoms with van der Waals surface area (Å²) in [5, 5.41) is 0. The Hall–Kier alpha value is 0.525. The van der Waals surface area contributed by atoms with Gasteiger partial charge in [-0.15, -0.1) is 0 Å². The van der Waals surface area contributed by atoms with Gasteiger partial charge in [0.05, 0.1) is 12.2 Å². The summed E-state index contributed by atoms with van der Waals surface area (Å²) in [6.45, 7) is -1.18. The van der Waals surface area contributed by atoms with Crippen molar-refractivity contribution >= 4 is 26.9 Å². The Morgan fingerprint density at radius 2 is 2.36 bits per heavy atom. The molecule has 1 aliphatic heterocycles. The van der Waals surface area contributed by atoms with Gasteiger partial charge in [0.2, 0.25) is 0 Å². The lowest BCUT2D eigenvalue weighted by Gasteiger charge is -2.20. The lowest BCUT2D eigenvalue weighted by atomic mass is 9.96. The van der Waals surface area contributed by atoms with E-state index >= 15 is 0 Å². The second kappa shape index (κ2) is 5.04. The SMILES string of the molecule is B[C@H]1C[C@@H](OP(=O)(S)OC)[C@@H](CC)O1. The first-order valence-corrected chi connectivity index (χ1v) is 7.40. The number of ether oxygens (including phenoxy) is 1. The minimum Gasteiger partial charge on any atom is -0.381 e. The molecule has 4 nitrogen and oxygen atoms in total. The Bertz CT molecular complexity index is 240. The van der Waals surface area contributed by atoms with Gasteiger partial charge in [-0.05, 0) is 12.8 Å². The molecule has 0 saturated carbocycles. The molecule has 0 N–H and O–H groups in total. The fourth-order valence-corrected chi connectivity index (χ4v) is 2.62. The zero-order valence-electron chi connectivity index (χ0n) is 8.67. The highest BCUT2D eigenvalue weighted by Crippen LogP contribution is 2.54. The van der Waals surface area contributed by atoms with Crippen LogP contribution in [0.15, 0.2) is 0 Å². The van der Waals surface area contributed by atoms with Crippen LogP contribution in [0.5, 0.6) is 0 Å². The summed E-state index contributed by atoms with van der Waals surface area (Å²) in [4.78, 5) is 0. The van der Waals surface area contributed by atoms with Crippen molar-refractivity contribution in [3.8, 4) is 0 Å². The van der Waals surface area contributed by atoms with E-state index in [0.29, 0.717) is 0 Å². The van der Waals surface area contributed by atoms with Gasteiger partial charge in [0, 0.05) is 13.1 Å². The lowest BCUT2D eigenvalue weighted by molar-refractivity contribution is 0.0368. The summed E-state index contributed by atoms with van der Waals surface area (Å²) >= 11 is 3.83. The third-order valence-electron chi connectivity index (χ3n) is 2.29. The number of thiol groups is 1. The van der Waals surface area contributed by atoms with Gasteiger partial charge < -0.3 is 9.26 Å². The average molecular weight is 238 g/mol. The highest BCUT2D eigenvalue weighted by atomic mass is 32.7. The lowest BCUT2D eigenvalue weighted by Crippen LogP contribution is -2.22. The quantitative estimate of drug-likeness (QED) is 0.454. The van der Waals surface area contributed by atoms with Crippen molar-refractivity contribution in [2.75, 3.05) is 7.11 Å². The molecule has 1 rings (SSSR count). The summed E-state index contributed by atoms with van der Waals surface area (Å²) in [6.07, 6.45) is 1.41. The fourth-order valence-electron chi connectivity index (χ4n) is 1.60. The zero-order chi connectivity index (χ0) is 10.8. The van der Waals surface area contributed by atoms with E-state index in [0.717, 1.165) is 12.8 Å². The van der Waals surface area contributed by atoms with Gasteiger partial charge >= 0.3 is 6.80 Å². The average Bonchev–Trinajstić information content (AvgIpc) is 2.45. The van der Waals surface area contributed by atoms with Gasteiger partial charge in [0.1, 0.15) is 7.85 Å². The van der Waals surface area contributed by atoms with Crippen LogP contribution in [-0.2, 0) is 18.3 Å². The Morgan fingerprint density at radius 3 is 2.86 bits per heavy atom. The molecule has 82 valence electrons. The van der Waals surface area contributed by atoms with Crippen molar-refractivity contribution in [3.05, 3.63) is 0 Å². The molecule has 1 unspecified atom stereocenters. The maximum atomic E-state index is 11.5. The molecule has 4 atom stereocenters. The maximum Gasteiger partial charge on any atom is 0.386 e. The van der Waals surface area contributed by atoms with Crippen LogP contribution in [0.4, 0.5) is 0 Å². The topological polar surface area (TPSA) is 44.8 Å². The monoisotopic (exact) mass is 238 g/mol. The van der Waals surface area contributed by atoms with E-state index in [1.165, 1.54) is 7.11 Å². The molecular formula is C7H16BO4PS. The molecule has 0 bridgehead atoms. The van der Waals surface area contributed by atoms with Crippen LogP contribution < -0.4 is 0 Å². The molecule has 0 aromatic carbocycles. The third-order valence-corrected chi connectivity index (χ3v) is 4.06. The first-order valence-electron chi connectivity index (χ1n) is 4.71. The largest absolute Gasteiger partial charge is 0.386 e. The van der Waals surface area contributed by atoms with Crippen LogP contribution in [0.3, 0.4) is 0 Å². The molecule has 0 amide bonds. The highest BCUT2D eigenvalue weighted by molar-refractivity contribution is 8.44. The van der Waals surface area contributed by atoms with Gasteiger partial charge in [-0.2, -0.15) is 0 Å². The first kappa shape index (κ1) is 12.6. The molecular weight excluding hydrogens is 222 g/mol. The summed E-state index contributed by atoms with van der Waals surface area (Å²) in [7, 11) is 3.30. The molecule has 0 aromatic heterocycles. The van der Waals surface area contributed by atoms with E-state index in [4.69, 9.17) is 9.26 Å². The highest BCUT2D eigenvalue weighted by Gasteiger charge is 2.36. The van der Waals surface area contributed by atoms with Crippen LogP contribution in [0, 0.1) is 0 Å². The second-order valence-electron chi connectivity index (χ2n) is 3.42. The van der Waals surface area contributed by atoms with E-state index in [1.807, 2.05) is 14.8 Å². The van der Waals surface area contributed by atoms with E-state index in [-0.39, 0.29) is 18.2 Å². The Morgan fingerprint density at radius 1 is 1.71 bits per heavy atom. The van der Waals surface area contributed by atoms with E-state index in [2.05, 4.69) is 16.8 Å². The van der Waals surface area contributed by atoms with Gasteiger partial charge in [-0.3, -0.25) is 4.52 Å². The van der Waals surface area contributed by atoms with E-state index < -0.39 is 6.80 Å². The maximum absolute atomic E-state index is 11.5. The summed E-state index contributed by atoms with van der Waals surface area (Å²) in [5.74, 6) is 0. The van der Waals surface area contributed by atoms with Crippen molar-refractivity contribution in [1.82, 2.24) is 0 Å². The molecule has 1 fully saturated rings. The summed E-state index contributed by atoms with van der Waals surface area (Å²) in [5.41, 5.74) is 0. The molecule has 0 radical (unpaired) electrons. The Kier molecular flexibility index (Phi) is 4.53. The minimum absolute atomic E-state index is 0.000579. The molecule has 1 aliphatic rings. The number of hydrogen-bond acceptors (Lipinski definition) is 4. The van der Waals surface area contributed by atoms with Crippen molar-refractivity contribution in [2.45, 2.75) is 38.0 Å². The standard InChI is InChI=1S/C7H16BO4PS/c1-3-5-6(4-7(8)11-5)12-13(9,14)10-2/h5-7H,3-4,8H2,1-2H3,(H,9,14)/t5-,6-,7-,13?/m1/s1. The van der Waals surface area contributed by atoms with Gasteiger partial charge in [-0.1, -0.05) is 19.2 Å². The summed E-state index contributed by atoms with van der Waals surface area (Å²) < 4.78 is 27.0. The molecule has 14 heavy (non-hydrogen) atoms. The van der Waals surface area contributed by atoms with Crippen molar-refractivity contribution in [2.24, 2.45) is 0 Å². The van der Waals surface area contributed by atoms with E-state index in [1.54, 1.807) is 0 Å². The molecule has 0 aliphatic carbocycles. The second-order valence-corrected chi connectivity index (χ2v) is 6.41. The third kappa shape index (κ3) is 3.28. The first-order chi connectivity index (χ1) is 6.48. The number of hydrogen-bond donors (Lipinski definition) is 1. The Balaban J connectivity index is 2.55. The van der Waals surface area contributed by atoms with Gasteiger partial charge in [-0.25, -0.2) is 4.57 Å². The van der Waals surface area contributed by atoms with Crippen LogP contribution in [0.1, 0.15) is 19.8 Å². The molecule has 7 heteroatoms. The minimum atomic E-state index is -3.19. The van der Waals surface area contributed by atoms with Crippen molar-refractivity contribution < 1.29 is 18.3 Å². The van der Waals surface area contributed by atoms with Gasteiger partial charge in [0.15, 0.2) is 0 Å². The smallest absolute Gasteiger partial charge is 0.381 e. The van der Waals surface area contributed by atoms with Crippen molar-refractivity contribution in [1.29, 1.82) is 0 Å². The molecule has 0 spiro atoms. The predicted octanol–water partition coefficient (Wildman–Crippen LogP) is 1.21. The van der Waals surface area contributed by atoms with Crippen LogP contribution in [-0.4, -0.2) is 33.2 Å². The molecule has 0 aromatic rings. The van der Waals surface area contributed by atoms with Crippen molar-refractivity contribution in [3.63, 3.8) is 0 Å². The molecule has 1 heterocycles. The Labute approximate surface area is 90.8 Å². The van der Waals surface area contributed by atoms with Crippen LogP contribution >= 0.6 is 19.0 Å². The number of rotatable bonds is 4. The van der Waals surface area contributed by atoms with Crippen LogP contribution in [0.2, 0.25) is 0 Å². The normalized spacial score (nSPS) is 36.9. The van der Waals surface area contributed by atoms with Gasteiger partial charge in [0.25, 0.3) is 0 Å². The zero-order valence-corrected chi connectivity index (χ0v) is 10.5. The predicted molar refractivity (Wildman–Crippen MR) is 60.6 cm³/mol.